The highest BCUT2D eigenvalue weighted by Crippen LogP contribution is 2.23. The number of aromatic amines is 1. The standard InChI is InChI=1S/C14H19N3O2S/c1-4-20(18,19)14-8-6-5-7-13(14)15-9-12-10(2)16-17-11(12)3/h5-8,15H,4,9H2,1-3H3,(H,16,17). The SMILES string of the molecule is CCS(=O)(=O)c1ccccc1NCc1c(C)n[nH]c1C. The summed E-state index contributed by atoms with van der Waals surface area (Å²) in [5, 5.41) is 10.3. The summed E-state index contributed by atoms with van der Waals surface area (Å²) in [5.74, 6) is 0.0927. The molecule has 6 heteroatoms. The molecular formula is C14H19N3O2S. The summed E-state index contributed by atoms with van der Waals surface area (Å²) in [6.45, 7) is 6.07. The molecule has 0 aliphatic heterocycles. The maximum absolute atomic E-state index is 12.1. The first-order valence-electron chi connectivity index (χ1n) is 6.51. The number of hydrogen-bond acceptors (Lipinski definition) is 4. The number of anilines is 1. The van der Waals surface area contributed by atoms with E-state index in [9.17, 15) is 8.42 Å². The first kappa shape index (κ1) is 14.6. The summed E-state index contributed by atoms with van der Waals surface area (Å²) in [7, 11) is -3.23. The van der Waals surface area contributed by atoms with Crippen LogP contribution >= 0.6 is 0 Å². The molecule has 2 rings (SSSR count). The Labute approximate surface area is 119 Å². The minimum absolute atomic E-state index is 0.0927. The zero-order valence-electron chi connectivity index (χ0n) is 11.9. The van der Waals surface area contributed by atoms with Gasteiger partial charge in [0, 0.05) is 17.8 Å². The zero-order chi connectivity index (χ0) is 14.8. The van der Waals surface area contributed by atoms with Gasteiger partial charge in [0.25, 0.3) is 0 Å². The van der Waals surface area contributed by atoms with Gasteiger partial charge in [-0.15, -0.1) is 0 Å². The minimum atomic E-state index is -3.23. The Bertz CT molecular complexity index is 685. The van der Waals surface area contributed by atoms with E-state index in [2.05, 4.69) is 15.5 Å². The average Bonchev–Trinajstić information content (AvgIpc) is 2.76. The lowest BCUT2D eigenvalue weighted by molar-refractivity contribution is 0.597. The maximum Gasteiger partial charge on any atom is 0.180 e. The molecule has 1 aromatic carbocycles. The number of aryl methyl sites for hydroxylation is 2. The second-order valence-corrected chi connectivity index (χ2v) is 6.91. The van der Waals surface area contributed by atoms with E-state index in [0.29, 0.717) is 17.1 Å². The van der Waals surface area contributed by atoms with Crippen molar-refractivity contribution in [1.29, 1.82) is 0 Å². The summed E-state index contributed by atoms with van der Waals surface area (Å²) >= 11 is 0. The third kappa shape index (κ3) is 2.85. The lowest BCUT2D eigenvalue weighted by Crippen LogP contribution is -2.09. The average molecular weight is 293 g/mol. The molecule has 20 heavy (non-hydrogen) atoms. The topological polar surface area (TPSA) is 74.8 Å². The quantitative estimate of drug-likeness (QED) is 0.888. The molecule has 5 nitrogen and oxygen atoms in total. The van der Waals surface area contributed by atoms with Crippen LogP contribution in [0.3, 0.4) is 0 Å². The van der Waals surface area contributed by atoms with Gasteiger partial charge in [0.05, 0.1) is 22.0 Å². The van der Waals surface area contributed by atoms with Crippen LogP contribution in [0.4, 0.5) is 5.69 Å². The number of nitrogens with zero attached hydrogens (tertiary/aromatic N) is 1. The Morgan fingerprint density at radius 2 is 1.95 bits per heavy atom. The van der Waals surface area contributed by atoms with Crippen molar-refractivity contribution >= 4 is 15.5 Å². The summed E-state index contributed by atoms with van der Waals surface area (Å²) in [4.78, 5) is 0.348. The predicted molar refractivity (Wildman–Crippen MR) is 79.6 cm³/mol. The third-order valence-electron chi connectivity index (χ3n) is 3.34. The molecule has 0 amide bonds. The van der Waals surface area contributed by atoms with E-state index in [4.69, 9.17) is 0 Å². The summed E-state index contributed by atoms with van der Waals surface area (Å²) in [6, 6.07) is 6.98. The van der Waals surface area contributed by atoms with E-state index >= 15 is 0 Å². The first-order valence-corrected chi connectivity index (χ1v) is 8.17. The fraction of sp³-hybridized carbons (Fsp3) is 0.357. The Hall–Kier alpha value is -1.82. The molecular weight excluding hydrogens is 274 g/mol. The van der Waals surface area contributed by atoms with E-state index in [1.165, 1.54) is 0 Å². The molecule has 1 heterocycles. The Balaban J connectivity index is 2.27. The van der Waals surface area contributed by atoms with Crippen molar-refractivity contribution < 1.29 is 8.42 Å². The zero-order valence-corrected chi connectivity index (χ0v) is 12.7. The van der Waals surface area contributed by atoms with Gasteiger partial charge in [-0.05, 0) is 26.0 Å². The number of benzene rings is 1. The van der Waals surface area contributed by atoms with E-state index < -0.39 is 9.84 Å². The number of nitrogens with one attached hydrogen (secondary N) is 2. The summed E-state index contributed by atoms with van der Waals surface area (Å²) in [6.07, 6.45) is 0. The van der Waals surface area contributed by atoms with Crippen molar-refractivity contribution in [3.63, 3.8) is 0 Å². The molecule has 0 unspecified atom stereocenters. The number of para-hydroxylation sites is 1. The van der Waals surface area contributed by atoms with E-state index in [1.54, 1.807) is 25.1 Å². The number of aromatic nitrogens is 2. The Morgan fingerprint density at radius 1 is 1.25 bits per heavy atom. The van der Waals surface area contributed by atoms with Gasteiger partial charge in [0.15, 0.2) is 9.84 Å². The van der Waals surface area contributed by atoms with Crippen LogP contribution in [0, 0.1) is 13.8 Å². The monoisotopic (exact) mass is 293 g/mol. The van der Waals surface area contributed by atoms with Crippen LogP contribution in [0.5, 0.6) is 0 Å². The molecule has 0 bridgehead atoms. The Morgan fingerprint density at radius 3 is 2.55 bits per heavy atom. The highest BCUT2D eigenvalue weighted by atomic mass is 32.2. The van der Waals surface area contributed by atoms with Crippen LogP contribution in [0.1, 0.15) is 23.9 Å². The molecule has 1 aromatic heterocycles. The highest BCUT2D eigenvalue weighted by Gasteiger charge is 2.16. The Kier molecular flexibility index (Phi) is 4.13. The van der Waals surface area contributed by atoms with Gasteiger partial charge < -0.3 is 5.32 Å². The van der Waals surface area contributed by atoms with Crippen molar-refractivity contribution in [3.8, 4) is 0 Å². The van der Waals surface area contributed by atoms with Crippen LogP contribution in [-0.4, -0.2) is 24.4 Å². The molecule has 2 N–H and O–H groups in total. The molecule has 0 spiro atoms. The van der Waals surface area contributed by atoms with Crippen LogP contribution < -0.4 is 5.32 Å². The number of H-pyrrole nitrogens is 1. The van der Waals surface area contributed by atoms with Crippen molar-refractivity contribution in [2.45, 2.75) is 32.2 Å². The second-order valence-electron chi connectivity index (χ2n) is 4.67. The number of hydrogen-bond donors (Lipinski definition) is 2. The van der Waals surface area contributed by atoms with Crippen LogP contribution in [0.15, 0.2) is 29.2 Å². The van der Waals surface area contributed by atoms with Crippen molar-refractivity contribution in [1.82, 2.24) is 10.2 Å². The maximum atomic E-state index is 12.1. The molecule has 0 atom stereocenters. The molecule has 0 saturated carbocycles. The van der Waals surface area contributed by atoms with Crippen LogP contribution in [0.2, 0.25) is 0 Å². The molecule has 108 valence electrons. The first-order chi connectivity index (χ1) is 9.45. The van der Waals surface area contributed by atoms with E-state index in [1.807, 2.05) is 19.9 Å². The van der Waals surface area contributed by atoms with E-state index in [-0.39, 0.29) is 5.75 Å². The largest absolute Gasteiger partial charge is 0.380 e. The fourth-order valence-corrected chi connectivity index (χ4v) is 3.13. The van der Waals surface area contributed by atoms with E-state index in [0.717, 1.165) is 17.0 Å². The van der Waals surface area contributed by atoms with Gasteiger partial charge in [-0.2, -0.15) is 5.10 Å². The number of rotatable bonds is 5. The third-order valence-corrected chi connectivity index (χ3v) is 5.12. The molecule has 0 radical (unpaired) electrons. The van der Waals surface area contributed by atoms with Crippen molar-refractivity contribution in [3.05, 3.63) is 41.2 Å². The smallest absolute Gasteiger partial charge is 0.180 e. The highest BCUT2D eigenvalue weighted by molar-refractivity contribution is 7.91. The lowest BCUT2D eigenvalue weighted by atomic mass is 10.2. The van der Waals surface area contributed by atoms with Gasteiger partial charge >= 0.3 is 0 Å². The molecule has 2 aromatic rings. The predicted octanol–water partition coefficient (Wildman–Crippen LogP) is 2.43. The lowest BCUT2D eigenvalue weighted by Gasteiger charge is -2.12. The fourth-order valence-electron chi connectivity index (χ4n) is 2.06. The minimum Gasteiger partial charge on any atom is -0.380 e. The van der Waals surface area contributed by atoms with Gasteiger partial charge in [-0.1, -0.05) is 19.1 Å². The molecule has 0 fully saturated rings. The molecule has 0 aliphatic carbocycles. The summed E-state index contributed by atoms with van der Waals surface area (Å²) in [5.41, 5.74) is 3.61. The van der Waals surface area contributed by atoms with Crippen molar-refractivity contribution in [2.24, 2.45) is 0 Å². The molecule has 0 saturated heterocycles. The van der Waals surface area contributed by atoms with Crippen LogP contribution in [0.25, 0.3) is 0 Å². The van der Waals surface area contributed by atoms with Crippen molar-refractivity contribution in [2.75, 3.05) is 11.1 Å². The van der Waals surface area contributed by atoms with Gasteiger partial charge in [0.1, 0.15) is 0 Å². The normalized spacial score (nSPS) is 11.6. The van der Waals surface area contributed by atoms with Gasteiger partial charge in [-0.3, -0.25) is 5.10 Å². The van der Waals surface area contributed by atoms with Gasteiger partial charge in [-0.25, -0.2) is 8.42 Å². The van der Waals surface area contributed by atoms with Gasteiger partial charge in [0.2, 0.25) is 0 Å². The summed E-state index contributed by atoms with van der Waals surface area (Å²) < 4.78 is 24.1. The van der Waals surface area contributed by atoms with Crippen LogP contribution in [-0.2, 0) is 16.4 Å². The number of sulfone groups is 1. The second kappa shape index (κ2) is 5.66. The molecule has 0 aliphatic rings.